The molecule has 118 valence electrons. The average molecular weight is 321 g/mol. The largest absolute Gasteiger partial charge is 0.351 e. The third-order valence-corrected chi connectivity index (χ3v) is 4.90. The number of nitrogens with one attached hydrogen (secondary N) is 1. The minimum atomic E-state index is -3.36. The number of amides is 1. The molecule has 0 saturated carbocycles. The van der Waals surface area contributed by atoms with Gasteiger partial charge in [0.2, 0.25) is 5.91 Å². The van der Waals surface area contributed by atoms with E-state index in [0.29, 0.717) is 13.1 Å². The summed E-state index contributed by atoms with van der Waals surface area (Å²) < 4.78 is 24.4. The lowest BCUT2D eigenvalue weighted by Gasteiger charge is -2.11. The van der Waals surface area contributed by atoms with Gasteiger partial charge in [0.15, 0.2) is 9.84 Å². The van der Waals surface area contributed by atoms with Gasteiger partial charge in [-0.25, -0.2) is 8.42 Å². The van der Waals surface area contributed by atoms with E-state index in [4.69, 9.17) is 0 Å². The third kappa shape index (κ3) is 4.42. The summed E-state index contributed by atoms with van der Waals surface area (Å²) in [6, 6.07) is 9.60. The number of aromatic nitrogens is 2. The quantitative estimate of drug-likeness (QED) is 0.860. The van der Waals surface area contributed by atoms with Crippen LogP contribution in [0.2, 0.25) is 0 Å². The molecule has 1 aromatic heterocycles. The Labute approximate surface area is 130 Å². The van der Waals surface area contributed by atoms with Crippen molar-refractivity contribution in [3.63, 3.8) is 0 Å². The molecule has 0 unspecified atom stereocenters. The van der Waals surface area contributed by atoms with Crippen LogP contribution in [-0.4, -0.2) is 35.6 Å². The lowest BCUT2D eigenvalue weighted by Crippen LogP contribution is -2.36. The number of sulfone groups is 1. The van der Waals surface area contributed by atoms with Crippen molar-refractivity contribution in [2.75, 3.05) is 6.26 Å². The molecule has 2 aromatic rings. The highest BCUT2D eigenvalue weighted by Crippen LogP contribution is 2.06. The Morgan fingerprint density at radius 2 is 1.91 bits per heavy atom. The first-order chi connectivity index (χ1) is 10.4. The van der Waals surface area contributed by atoms with E-state index >= 15 is 0 Å². The maximum Gasteiger partial charge on any atom is 0.238 e. The van der Waals surface area contributed by atoms with E-state index in [1.165, 1.54) is 6.92 Å². The van der Waals surface area contributed by atoms with Crippen LogP contribution in [0.15, 0.2) is 42.7 Å². The summed E-state index contributed by atoms with van der Waals surface area (Å²) in [6.07, 6.45) is 4.68. The predicted molar refractivity (Wildman–Crippen MR) is 83.9 cm³/mol. The molecule has 0 bridgehead atoms. The molecule has 2 rings (SSSR count). The van der Waals surface area contributed by atoms with Crippen molar-refractivity contribution in [3.8, 4) is 0 Å². The monoisotopic (exact) mass is 321 g/mol. The van der Waals surface area contributed by atoms with Crippen molar-refractivity contribution < 1.29 is 13.2 Å². The summed E-state index contributed by atoms with van der Waals surface area (Å²) in [7, 11) is -3.36. The van der Waals surface area contributed by atoms with Gasteiger partial charge in [-0.1, -0.05) is 24.3 Å². The zero-order valence-corrected chi connectivity index (χ0v) is 13.4. The summed E-state index contributed by atoms with van der Waals surface area (Å²) in [5, 5.41) is 5.74. The number of carbonyl (C=O) groups is 1. The molecule has 1 amide bonds. The van der Waals surface area contributed by atoms with Crippen molar-refractivity contribution in [1.29, 1.82) is 0 Å². The first-order valence-corrected chi connectivity index (χ1v) is 8.83. The van der Waals surface area contributed by atoms with Crippen molar-refractivity contribution in [2.45, 2.75) is 25.3 Å². The van der Waals surface area contributed by atoms with Crippen molar-refractivity contribution in [1.82, 2.24) is 15.1 Å². The fraction of sp³-hybridized carbons (Fsp3) is 0.333. The minimum absolute atomic E-state index is 0.306. The highest BCUT2D eigenvalue weighted by molar-refractivity contribution is 7.92. The average Bonchev–Trinajstić information content (AvgIpc) is 2.97. The van der Waals surface area contributed by atoms with Crippen LogP contribution < -0.4 is 5.32 Å². The molecule has 0 radical (unpaired) electrons. The van der Waals surface area contributed by atoms with Crippen LogP contribution in [0.25, 0.3) is 0 Å². The van der Waals surface area contributed by atoms with Crippen LogP contribution in [0.5, 0.6) is 0 Å². The second kappa shape index (κ2) is 6.74. The van der Waals surface area contributed by atoms with Gasteiger partial charge in [-0.05, 0) is 24.1 Å². The molecule has 0 spiro atoms. The first kappa shape index (κ1) is 16.2. The van der Waals surface area contributed by atoms with Gasteiger partial charge in [-0.3, -0.25) is 9.48 Å². The molecule has 1 N–H and O–H groups in total. The molecule has 7 heteroatoms. The van der Waals surface area contributed by atoms with Gasteiger partial charge in [0.25, 0.3) is 0 Å². The smallest absolute Gasteiger partial charge is 0.238 e. The van der Waals surface area contributed by atoms with E-state index in [-0.39, 0.29) is 0 Å². The fourth-order valence-corrected chi connectivity index (χ4v) is 2.34. The molecule has 0 fully saturated rings. The molecule has 0 aliphatic carbocycles. The maximum absolute atomic E-state index is 11.7. The van der Waals surface area contributed by atoms with E-state index in [1.54, 1.807) is 6.20 Å². The standard InChI is InChI=1S/C15H19N3O3S/c1-12(22(2,20)21)15(19)16-10-13-4-6-14(7-5-13)11-18-9-3-8-17-18/h3-9,12H,10-11H2,1-2H3,(H,16,19)/t12-/m0/s1. The maximum atomic E-state index is 11.7. The minimum Gasteiger partial charge on any atom is -0.351 e. The Morgan fingerprint density at radius 3 is 2.45 bits per heavy atom. The Balaban J connectivity index is 1.90. The molecule has 0 aliphatic heterocycles. The molecule has 0 aliphatic rings. The van der Waals surface area contributed by atoms with Crippen LogP contribution in [-0.2, 0) is 27.7 Å². The molecular formula is C15H19N3O3S. The van der Waals surface area contributed by atoms with Gasteiger partial charge < -0.3 is 5.32 Å². The molecule has 1 aromatic carbocycles. The summed E-state index contributed by atoms with van der Waals surface area (Å²) in [6.45, 7) is 2.38. The molecule has 1 heterocycles. The van der Waals surface area contributed by atoms with Gasteiger partial charge in [-0.2, -0.15) is 5.10 Å². The van der Waals surface area contributed by atoms with Crippen LogP contribution in [0.3, 0.4) is 0 Å². The number of rotatable bonds is 6. The van der Waals surface area contributed by atoms with E-state index < -0.39 is 21.0 Å². The third-order valence-electron chi connectivity index (χ3n) is 3.40. The molecule has 22 heavy (non-hydrogen) atoms. The zero-order valence-electron chi connectivity index (χ0n) is 12.6. The van der Waals surface area contributed by atoms with Crippen LogP contribution in [0.1, 0.15) is 18.1 Å². The van der Waals surface area contributed by atoms with E-state index in [2.05, 4.69) is 10.4 Å². The van der Waals surface area contributed by atoms with Gasteiger partial charge in [0.05, 0.1) is 6.54 Å². The van der Waals surface area contributed by atoms with E-state index in [0.717, 1.165) is 17.4 Å². The van der Waals surface area contributed by atoms with E-state index in [9.17, 15) is 13.2 Å². The SMILES string of the molecule is C[C@@H](C(=O)NCc1ccc(Cn2cccn2)cc1)S(C)(=O)=O. The van der Waals surface area contributed by atoms with E-state index in [1.807, 2.05) is 41.2 Å². The number of hydrogen-bond donors (Lipinski definition) is 1. The van der Waals surface area contributed by atoms with Crippen molar-refractivity contribution >= 4 is 15.7 Å². The Morgan fingerprint density at radius 1 is 1.27 bits per heavy atom. The van der Waals surface area contributed by atoms with Crippen molar-refractivity contribution in [2.24, 2.45) is 0 Å². The summed E-state index contributed by atoms with van der Waals surface area (Å²) in [5.41, 5.74) is 2.02. The number of nitrogens with zero attached hydrogens (tertiary/aromatic N) is 2. The van der Waals surface area contributed by atoms with Gasteiger partial charge in [-0.15, -0.1) is 0 Å². The Kier molecular flexibility index (Phi) is 4.97. The second-order valence-corrected chi connectivity index (χ2v) is 7.58. The fourth-order valence-electron chi connectivity index (χ4n) is 1.87. The predicted octanol–water partition coefficient (Wildman–Crippen LogP) is 0.981. The Bertz CT molecular complexity index is 722. The topological polar surface area (TPSA) is 81.1 Å². The second-order valence-electron chi connectivity index (χ2n) is 5.21. The lowest BCUT2D eigenvalue weighted by atomic mass is 10.1. The zero-order chi connectivity index (χ0) is 16.2. The highest BCUT2D eigenvalue weighted by atomic mass is 32.2. The molecule has 0 saturated heterocycles. The first-order valence-electron chi connectivity index (χ1n) is 6.88. The van der Waals surface area contributed by atoms with Gasteiger partial charge in [0.1, 0.15) is 5.25 Å². The van der Waals surface area contributed by atoms with Crippen LogP contribution in [0, 0.1) is 0 Å². The highest BCUT2D eigenvalue weighted by Gasteiger charge is 2.22. The van der Waals surface area contributed by atoms with Gasteiger partial charge >= 0.3 is 0 Å². The lowest BCUT2D eigenvalue weighted by molar-refractivity contribution is -0.120. The summed E-state index contributed by atoms with van der Waals surface area (Å²) >= 11 is 0. The Hall–Kier alpha value is -2.15. The van der Waals surface area contributed by atoms with Crippen molar-refractivity contribution in [3.05, 3.63) is 53.9 Å². The number of hydrogen-bond acceptors (Lipinski definition) is 4. The molecule has 1 atom stereocenters. The summed E-state index contributed by atoms with van der Waals surface area (Å²) in [4.78, 5) is 11.7. The molecular weight excluding hydrogens is 302 g/mol. The normalized spacial score (nSPS) is 12.8. The number of carbonyl (C=O) groups excluding carboxylic acids is 1. The molecule has 6 nitrogen and oxygen atoms in total. The van der Waals surface area contributed by atoms with Crippen LogP contribution in [0.4, 0.5) is 0 Å². The van der Waals surface area contributed by atoms with Crippen LogP contribution >= 0.6 is 0 Å². The summed E-state index contributed by atoms with van der Waals surface area (Å²) in [5.74, 6) is -0.483. The van der Waals surface area contributed by atoms with Gasteiger partial charge in [0, 0.05) is 25.2 Å². The number of benzene rings is 1.